The Labute approximate surface area is 63.4 Å². The lowest BCUT2D eigenvalue weighted by atomic mass is 9.98. The summed E-state index contributed by atoms with van der Waals surface area (Å²) in [6.07, 6.45) is -2.17. The average molecular weight is 162 g/mol. The van der Waals surface area contributed by atoms with Crippen LogP contribution in [-0.2, 0) is 14.5 Å². The highest BCUT2D eigenvalue weighted by Crippen LogP contribution is 2.41. The molecule has 0 aromatic heterocycles. The number of hydrogen-bond acceptors (Lipinski definition) is 5. The summed E-state index contributed by atoms with van der Waals surface area (Å²) in [5.41, 5.74) is 0. The van der Waals surface area contributed by atoms with Gasteiger partial charge in [0.05, 0.1) is 12.7 Å². The van der Waals surface area contributed by atoms with Crippen molar-refractivity contribution in [3.63, 3.8) is 0 Å². The molecule has 2 aliphatic rings. The van der Waals surface area contributed by atoms with Crippen LogP contribution in [0.4, 0.5) is 0 Å². The first-order valence-electron chi connectivity index (χ1n) is 3.51. The molecule has 2 N–H and O–H groups in total. The normalized spacial score (nSPS) is 47.7. The Balaban J connectivity index is 2.14. The minimum Gasteiger partial charge on any atom is -0.385 e. The van der Waals surface area contributed by atoms with Crippen molar-refractivity contribution in [3.8, 4) is 0 Å². The highest BCUT2D eigenvalue weighted by molar-refractivity contribution is 4.96. The number of aliphatic hydroxyl groups is 2. The van der Waals surface area contributed by atoms with Gasteiger partial charge in [0.15, 0.2) is 0 Å². The van der Waals surface area contributed by atoms with Gasteiger partial charge < -0.3 is 14.9 Å². The van der Waals surface area contributed by atoms with Crippen LogP contribution in [0.15, 0.2) is 0 Å². The number of aliphatic hydroxyl groups excluding tert-OH is 2. The van der Waals surface area contributed by atoms with Crippen molar-refractivity contribution in [2.24, 2.45) is 0 Å². The van der Waals surface area contributed by atoms with Crippen molar-refractivity contribution in [1.82, 2.24) is 0 Å². The maximum atomic E-state index is 9.40. The zero-order valence-electron chi connectivity index (χ0n) is 6.06. The van der Waals surface area contributed by atoms with E-state index in [1.807, 2.05) is 0 Å². The van der Waals surface area contributed by atoms with Crippen LogP contribution in [0.2, 0.25) is 0 Å². The predicted octanol–water partition coefficient (Wildman–Crippen LogP) is -1.22. The van der Waals surface area contributed by atoms with E-state index >= 15 is 0 Å². The van der Waals surface area contributed by atoms with E-state index in [2.05, 4.69) is 9.78 Å². The maximum absolute atomic E-state index is 9.40. The molecule has 0 aliphatic carbocycles. The number of rotatable bonds is 0. The zero-order valence-corrected chi connectivity index (χ0v) is 6.06. The Morgan fingerprint density at radius 2 is 2.00 bits per heavy atom. The van der Waals surface area contributed by atoms with E-state index in [9.17, 15) is 10.2 Å². The molecule has 5 heteroatoms. The second-order valence-electron chi connectivity index (χ2n) is 2.89. The standard InChI is InChI=1S/C6H10O5/c1-3-5(8)6(10-11-6)4(7)2-9-3/h3-5,7-8H,2H2,1H3/t3-,4+,5+/m0/s1. The predicted molar refractivity (Wildman–Crippen MR) is 32.3 cm³/mol. The molecule has 0 unspecified atom stereocenters. The molecule has 0 saturated carbocycles. The summed E-state index contributed by atoms with van der Waals surface area (Å²) < 4.78 is 5.02. The molecule has 2 aliphatic heterocycles. The van der Waals surface area contributed by atoms with Gasteiger partial charge in [0, 0.05) is 0 Å². The molecule has 1 spiro atoms. The highest BCUT2D eigenvalue weighted by Gasteiger charge is 2.65. The molecule has 2 rings (SSSR count). The molecule has 2 saturated heterocycles. The Hall–Kier alpha value is -0.200. The molecule has 2 fully saturated rings. The molecule has 0 radical (unpaired) electrons. The van der Waals surface area contributed by atoms with Gasteiger partial charge in [-0.1, -0.05) is 0 Å². The van der Waals surface area contributed by atoms with Gasteiger partial charge in [-0.15, -0.1) is 0 Å². The van der Waals surface area contributed by atoms with Crippen LogP contribution in [0.25, 0.3) is 0 Å². The van der Waals surface area contributed by atoms with E-state index in [-0.39, 0.29) is 12.7 Å². The molecule has 5 nitrogen and oxygen atoms in total. The number of hydrogen-bond donors (Lipinski definition) is 2. The third-order valence-electron chi connectivity index (χ3n) is 2.11. The number of ether oxygens (including phenoxy) is 1. The highest BCUT2D eigenvalue weighted by atomic mass is 17.4. The largest absolute Gasteiger partial charge is 0.385 e. The first-order valence-corrected chi connectivity index (χ1v) is 3.51. The van der Waals surface area contributed by atoms with Crippen molar-refractivity contribution in [2.45, 2.75) is 31.0 Å². The summed E-state index contributed by atoms with van der Waals surface area (Å²) in [4.78, 5) is 9.10. The van der Waals surface area contributed by atoms with E-state index in [0.29, 0.717) is 0 Å². The summed E-state index contributed by atoms with van der Waals surface area (Å²) in [5.74, 6) is -1.20. The minimum absolute atomic E-state index is 0.137. The molecule has 0 aromatic carbocycles. The van der Waals surface area contributed by atoms with Gasteiger partial charge in [0.25, 0.3) is 5.79 Å². The first-order chi connectivity index (χ1) is 5.17. The monoisotopic (exact) mass is 162 g/mol. The van der Waals surface area contributed by atoms with Gasteiger partial charge in [-0.25, -0.2) is 0 Å². The third kappa shape index (κ3) is 0.896. The minimum atomic E-state index is -1.20. The van der Waals surface area contributed by atoms with Crippen LogP contribution in [0.3, 0.4) is 0 Å². The van der Waals surface area contributed by atoms with E-state index < -0.39 is 18.0 Å². The second-order valence-corrected chi connectivity index (χ2v) is 2.89. The van der Waals surface area contributed by atoms with Crippen LogP contribution >= 0.6 is 0 Å². The molecule has 11 heavy (non-hydrogen) atoms. The SMILES string of the molecule is C[C@@H]1OC[C@@H](O)C2(OO2)[C@@H]1O. The van der Waals surface area contributed by atoms with Gasteiger partial charge in [-0.3, -0.25) is 0 Å². The fraction of sp³-hybridized carbons (Fsp3) is 1.00. The van der Waals surface area contributed by atoms with Gasteiger partial charge >= 0.3 is 0 Å². The quantitative estimate of drug-likeness (QED) is 0.345. The van der Waals surface area contributed by atoms with Crippen molar-refractivity contribution < 1.29 is 24.7 Å². The van der Waals surface area contributed by atoms with Crippen molar-refractivity contribution >= 4 is 0 Å². The lowest BCUT2D eigenvalue weighted by Gasteiger charge is -2.31. The van der Waals surface area contributed by atoms with Crippen LogP contribution in [-0.4, -0.2) is 40.9 Å². The Kier molecular flexibility index (Phi) is 1.45. The van der Waals surface area contributed by atoms with Crippen LogP contribution < -0.4 is 0 Å². The Morgan fingerprint density at radius 1 is 1.36 bits per heavy atom. The third-order valence-corrected chi connectivity index (χ3v) is 2.11. The van der Waals surface area contributed by atoms with Gasteiger partial charge in [0.2, 0.25) is 0 Å². The maximum Gasteiger partial charge on any atom is 0.289 e. The van der Waals surface area contributed by atoms with Crippen LogP contribution in [0, 0.1) is 0 Å². The van der Waals surface area contributed by atoms with Crippen LogP contribution in [0.5, 0.6) is 0 Å². The molecular weight excluding hydrogens is 152 g/mol. The summed E-state index contributed by atoms with van der Waals surface area (Å²) >= 11 is 0. The smallest absolute Gasteiger partial charge is 0.289 e. The fourth-order valence-electron chi connectivity index (χ4n) is 1.23. The molecule has 3 atom stereocenters. The van der Waals surface area contributed by atoms with Gasteiger partial charge in [0.1, 0.15) is 12.2 Å². The molecule has 0 bridgehead atoms. The molecular formula is C6H10O5. The summed E-state index contributed by atoms with van der Waals surface area (Å²) in [6.45, 7) is 1.83. The van der Waals surface area contributed by atoms with E-state index in [4.69, 9.17) is 4.74 Å². The summed E-state index contributed by atoms with van der Waals surface area (Å²) in [7, 11) is 0. The zero-order chi connectivity index (χ0) is 8.06. The molecule has 2 heterocycles. The van der Waals surface area contributed by atoms with Crippen molar-refractivity contribution in [3.05, 3.63) is 0 Å². The second kappa shape index (κ2) is 2.15. The van der Waals surface area contributed by atoms with E-state index in [1.54, 1.807) is 6.92 Å². The lowest BCUT2D eigenvalue weighted by molar-refractivity contribution is -0.168. The summed E-state index contributed by atoms with van der Waals surface area (Å²) in [6, 6.07) is 0. The van der Waals surface area contributed by atoms with Gasteiger partial charge in [-0.2, -0.15) is 9.78 Å². The molecule has 0 aromatic rings. The Morgan fingerprint density at radius 3 is 2.45 bits per heavy atom. The van der Waals surface area contributed by atoms with E-state index in [1.165, 1.54) is 0 Å². The lowest BCUT2D eigenvalue weighted by Crippen LogP contribution is -2.54. The van der Waals surface area contributed by atoms with Crippen LogP contribution in [0.1, 0.15) is 6.92 Å². The first kappa shape index (κ1) is 7.45. The van der Waals surface area contributed by atoms with Gasteiger partial charge in [-0.05, 0) is 6.92 Å². The van der Waals surface area contributed by atoms with Crippen molar-refractivity contribution in [1.29, 1.82) is 0 Å². The van der Waals surface area contributed by atoms with E-state index in [0.717, 1.165) is 0 Å². The van der Waals surface area contributed by atoms with Crippen molar-refractivity contribution in [2.75, 3.05) is 6.61 Å². The summed E-state index contributed by atoms with van der Waals surface area (Å²) in [5, 5.41) is 18.7. The molecule has 0 amide bonds. The topological polar surface area (TPSA) is 74.8 Å². The Bertz CT molecular complexity index is 166. The average Bonchev–Trinajstić information content (AvgIpc) is 2.76. The molecule has 64 valence electrons. The fourth-order valence-corrected chi connectivity index (χ4v) is 1.23.